The van der Waals surface area contributed by atoms with E-state index >= 15 is 0 Å². The fourth-order valence-electron chi connectivity index (χ4n) is 2.58. The summed E-state index contributed by atoms with van der Waals surface area (Å²) in [5, 5.41) is 11.2. The van der Waals surface area contributed by atoms with Gasteiger partial charge < -0.3 is 14.2 Å². The van der Waals surface area contributed by atoms with Gasteiger partial charge in [-0.15, -0.1) is 0 Å². The van der Waals surface area contributed by atoms with Gasteiger partial charge in [0, 0.05) is 25.7 Å². The highest BCUT2D eigenvalue weighted by atomic mass is 35.5. The minimum Gasteiger partial charge on any atom is -0.378 e. The minimum absolute atomic E-state index is 0.0905. The van der Waals surface area contributed by atoms with Crippen LogP contribution in [-0.4, -0.2) is 40.8 Å². The molecule has 0 N–H and O–H groups in total. The van der Waals surface area contributed by atoms with Gasteiger partial charge in [0.2, 0.25) is 5.95 Å². The maximum absolute atomic E-state index is 11.0. The normalized spacial score (nSPS) is 15.6. The Kier molecular flexibility index (Phi) is 3.69. The van der Waals surface area contributed by atoms with Gasteiger partial charge in [0.05, 0.1) is 29.2 Å². The number of hydrogen-bond donors (Lipinski definition) is 0. The van der Waals surface area contributed by atoms with E-state index in [2.05, 4.69) is 9.88 Å². The lowest BCUT2D eigenvalue weighted by Gasteiger charge is -2.28. The molecule has 0 unspecified atom stereocenters. The smallest absolute Gasteiger partial charge is 0.290 e. The second-order valence-corrected chi connectivity index (χ2v) is 5.21. The molecule has 3 rings (SSSR count). The van der Waals surface area contributed by atoms with Crippen molar-refractivity contribution < 1.29 is 9.66 Å². The molecule has 112 valence electrons. The number of imidazole rings is 1. The van der Waals surface area contributed by atoms with E-state index < -0.39 is 4.92 Å². The van der Waals surface area contributed by atoms with E-state index in [-0.39, 0.29) is 10.7 Å². The predicted molar refractivity (Wildman–Crippen MR) is 80.1 cm³/mol. The third kappa shape index (κ3) is 2.43. The number of hydrogen-bond acceptors (Lipinski definition) is 5. The third-order valence-corrected chi connectivity index (χ3v) is 3.91. The molecule has 8 heteroatoms. The molecule has 1 aliphatic heterocycles. The van der Waals surface area contributed by atoms with E-state index in [0.717, 1.165) is 24.6 Å². The van der Waals surface area contributed by atoms with Crippen molar-refractivity contribution in [2.24, 2.45) is 0 Å². The number of nitro groups is 1. The number of aromatic nitrogens is 2. The first-order valence-corrected chi connectivity index (χ1v) is 7.16. The summed E-state index contributed by atoms with van der Waals surface area (Å²) < 4.78 is 7.33. The lowest BCUT2D eigenvalue weighted by Crippen LogP contribution is -2.37. The van der Waals surface area contributed by atoms with E-state index in [9.17, 15) is 10.1 Å². The Morgan fingerprint density at radius 1 is 1.43 bits per heavy atom. The Hall–Kier alpha value is -1.86. The van der Waals surface area contributed by atoms with E-state index in [0.29, 0.717) is 25.3 Å². The van der Waals surface area contributed by atoms with Crippen LogP contribution in [0.15, 0.2) is 12.1 Å². The largest absolute Gasteiger partial charge is 0.378 e. The van der Waals surface area contributed by atoms with Crippen molar-refractivity contribution >= 4 is 34.3 Å². The fourth-order valence-corrected chi connectivity index (χ4v) is 2.81. The summed E-state index contributed by atoms with van der Waals surface area (Å²) in [5.74, 6) is 0.812. The Bertz CT molecular complexity index is 694. The van der Waals surface area contributed by atoms with Crippen LogP contribution >= 0.6 is 11.6 Å². The van der Waals surface area contributed by atoms with Crippen LogP contribution in [-0.2, 0) is 11.3 Å². The van der Waals surface area contributed by atoms with Gasteiger partial charge in [-0.25, -0.2) is 4.98 Å². The molecule has 7 nitrogen and oxygen atoms in total. The van der Waals surface area contributed by atoms with Crippen LogP contribution in [0, 0.1) is 10.1 Å². The standard InChI is InChI=1S/C13H15ClN4O3/c1-2-17-12-8-11(18(19)20)9(14)7-10(12)15-13(17)16-3-5-21-6-4-16/h7-8H,2-6H2,1H3. The SMILES string of the molecule is CCn1c(N2CCOCC2)nc2cc(Cl)c([N+](=O)[O-])cc21. The number of nitro benzene ring substituents is 1. The summed E-state index contributed by atoms with van der Waals surface area (Å²) in [5.41, 5.74) is 1.32. The van der Waals surface area contributed by atoms with E-state index in [4.69, 9.17) is 16.3 Å². The molecule has 1 saturated heterocycles. The Morgan fingerprint density at radius 3 is 2.76 bits per heavy atom. The fraction of sp³-hybridized carbons (Fsp3) is 0.462. The number of aryl methyl sites for hydroxylation is 1. The number of ether oxygens (including phenoxy) is 1. The van der Waals surface area contributed by atoms with Crippen LogP contribution in [0.4, 0.5) is 11.6 Å². The highest BCUT2D eigenvalue weighted by molar-refractivity contribution is 6.33. The van der Waals surface area contributed by atoms with Crippen molar-refractivity contribution in [1.82, 2.24) is 9.55 Å². The number of rotatable bonds is 3. The molecule has 2 heterocycles. The molecule has 1 aliphatic rings. The van der Waals surface area contributed by atoms with Gasteiger partial charge in [0.25, 0.3) is 5.69 Å². The zero-order valence-electron chi connectivity index (χ0n) is 11.6. The van der Waals surface area contributed by atoms with Gasteiger partial charge in [0.1, 0.15) is 5.02 Å². The molecule has 2 aromatic rings. The zero-order valence-corrected chi connectivity index (χ0v) is 12.3. The number of benzene rings is 1. The van der Waals surface area contributed by atoms with Crippen LogP contribution in [0.1, 0.15) is 6.92 Å². The first-order valence-electron chi connectivity index (χ1n) is 6.78. The number of morpholine rings is 1. The summed E-state index contributed by atoms with van der Waals surface area (Å²) >= 11 is 5.96. The van der Waals surface area contributed by atoms with Gasteiger partial charge in [-0.05, 0) is 13.0 Å². The quantitative estimate of drug-likeness (QED) is 0.643. The number of fused-ring (bicyclic) bond motifs is 1. The van der Waals surface area contributed by atoms with E-state index in [1.54, 1.807) is 6.07 Å². The topological polar surface area (TPSA) is 73.4 Å². The van der Waals surface area contributed by atoms with E-state index in [1.807, 2.05) is 11.5 Å². The first-order chi connectivity index (χ1) is 10.1. The van der Waals surface area contributed by atoms with Crippen molar-refractivity contribution in [3.8, 4) is 0 Å². The van der Waals surface area contributed by atoms with Crippen LogP contribution < -0.4 is 4.90 Å². The van der Waals surface area contributed by atoms with Gasteiger partial charge >= 0.3 is 0 Å². The average Bonchev–Trinajstić information content (AvgIpc) is 2.84. The predicted octanol–water partition coefficient (Wildman–Crippen LogP) is 2.45. The molecule has 21 heavy (non-hydrogen) atoms. The molecule has 1 aromatic carbocycles. The zero-order chi connectivity index (χ0) is 15.0. The lowest BCUT2D eigenvalue weighted by atomic mass is 10.3. The maximum Gasteiger partial charge on any atom is 0.290 e. The maximum atomic E-state index is 11.0. The van der Waals surface area contributed by atoms with Crippen molar-refractivity contribution in [1.29, 1.82) is 0 Å². The van der Waals surface area contributed by atoms with Crippen LogP contribution in [0.5, 0.6) is 0 Å². The molecule has 0 radical (unpaired) electrons. The Morgan fingerprint density at radius 2 is 2.14 bits per heavy atom. The monoisotopic (exact) mass is 310 g/mol. The highest BCUT2D eigenvalue weighted by Crippen LogP contribution is 2.32. The molecule has 0 bridgehead atoms. The molecule has 0 amide bonds. The van der Waals surface area contributed by atoms with Gasteiger partial charge in [-0.2, -0.15) is 0 Å². The molecule has 0 aliphatic carbocycles. The second-order valence-electron chi connectivity index (χ2n) is 4.80. The Balaban J connectivity index is 2.15. The molecular formula is C13H15ClN4O3. The minimum atomic E-state index is -0.469. The molecule has 1 aromatic heterocycles. The second kappa shape index (κ2) is 5.50. The average molecular weight is 311 g/mol. The van der Waals surface area contributed by atoms with Gasteiger partial charge in [0.15, 0.2) is 0 Å². The van der Waals surface area contributed by atoms with Crippen LogP contribution in [0.3, 0.4) is 0 Å². The summed E-state index contributed by atoms with van der Waals surface area (Å²) in [7, 11) is 0. The number of anilines is 1. The van der Waals surface area contributed by atoms with Crippen molar-refractivity contribution in [3.63, 3.8) is 0 Å². The lowest BCUT2D eigenvalue weighted by molar-refractivity contribution is -0.384. The molecule has 0 spiro atoms. The molecular weight excluding hydrogens is 296 g/mol. The molecule has 0 saturated carbocycles. The van der Waals surface area contributed by atoms with Gasteiger partial charge in [-0.1, -0.05) is 11.6 Å². The highest BCUT2D eigenvalue weighted by Gasteiger charge is 2.22. The van der Waals surface area contributed by atoms with Crippen molar-refractivity contribution in [3.05, 3.63) is 27.3 Å². The van der Waals surface area contributed by atoms with Crippen molar-refractivity contribution in [2.75, 3.05) is 31.2 Å². The Labute approximate surface area is 126 Å². The summed E-state index contributed by atoms with van der Waals surface area (Å²) in [6.07, 6.45) is 0. The summed E-state index contributed by atoms with van der Waals surface area (Å²) in [4.78, 5) is 17.3. The van der Waals surface area contributed by atoms with Crippen molar-refractivity contribution in [2.45, 2.75) is 13.5 Å². The summed E-state index contributed by atoms with van der Waals surface area (Å²) in [6, 6.07) is 3.06. The molecule has 1 fully saturated rings. The summed E-state index contributed by atoms with van der Waals surface area (Å²) in [6.45, 7) is 5.52. The van der Waals surface area contributed by atoms with E-state index in [1.165, 1.54) is 6.07 Å². The van der Waals surface area contributed by atoms with Crippen LogP contribution in [0.25, 0.3) is 11.0 Å². The third-order valence-electron chi connectivity index (χ3n) is 3.60. The first kappa shape index (κ1) is 14.1. The van der Waals surface area contributed by atoms with Gasteiger partial charge in [-0.3, -0.25) is 10.1 Å². The van der Waals surface area contributed by atoms with Crippen LogP contribution in [0.2, 0.25) is 5.02 Å². The molecule has 0 atom stereocenters. The number of nitrogens with zero attached hydrogens (tertiary/aromatic N) is 4. The number of halogens is 1.